The molecule has 4 heteroatoms. The standard InChI is InChI=1S/2Ba.2FH.4H/h;;2*1H;;;;. The number of rotatable bonds is 0. The van der Waals surface area contributed by atoms with Crippen LogP contribution in [0.25, 0.3) is 0 Å². The van der Waals surface area contributed by atoms with Crippen LogP contribution in [-0.2, 0) is 0 Å². The number of halogens is 2. The van der Waals surface area contributed by atoms with Gasteiger partial charge in [0, 0.05) is 0 Å². The van der Waals surface area contributed by atoms with Crippen LogP contribution in [0, 0.1) is 0 Å². The first kappa shape index (κ1) is 28.0. The van der Waals surface area contributed by atoms with Crippen molar-refractivity contribution in [3.63, 3.8) is 0 Å². The van der Waals surface area contributed by atoms with Gasteiger partial charge < -0.3 is 0 Å². The maximum absolute atomic E-state index is 0. The van der Waals surface area contributed by atoms with Gasteiger partial charge in [0.05, 0.1) is 0 Å². The molecule has 0 amide bonds. The van der Waals surface area contributed by atoms with E-state index in [0.717, 1.165) is 0 Å². The number of hydrogen-bond donors (Lipinski definition) is 0. The van der Waals surface area contributed by atoms with Crippen LogP contribution in [-0.4, -0.2) is 97.8 Å². The van der Waals surface area contributed by atoms with Crippen molar-refractivity contribution in [2.45, 2.75) is 0 Å². The molecule has 0 saturated heterocycles. The molecule has 0 saturated carbocycles. The molecule has 0 aromatic heterocycles. The normalized spacial score (nSPS) is 0. The van der Waals surface area contributed by atoms with Crippen LogP contribution in [0.2, 0.25) is 0 Å². The van der Waals surface area contributed by atoms with Crippen LogP contribution < -0.4 is 0 Å². The molecule has 0 aliphatic rings. The first-order valence-electron chi connectivity index (χ1n) is 0. The molecule has 4 heavy (non-hydrogen) atoms. The van der Waals surface area contributed by atoms with Crippen LogP contribution in [0.1, 0.15) is 0 Å². The zero-order chi connectivity index (χ0) is 0. The van der Waals surface area contributed by atoms with E-state index in [1.54, 1.807) is 0 Å². The fourth-order valence-corrected chi connectivity index (χ4v) is 0. The van der Waals surface area contributed by atoms with Crippen molar-refractivity contribution in [2.24, 2.45) is 0 Å². The van der Waals surface area contributed by atoms with Crippen LogP contribution >= 0.6 is 0 Å². The molecule has 0 rings (SSSR count). The van der Waals surface area contributed by atoms with Crippen LogP contribution in [0.4, 0.5) is 9.41 Å². The van der Waals surface area contributed by atoms with Crippen molar-refractivity contribution >= 4 is 97.8 Å². The zero-order valence-electron chi connectivity index (χ0n) is 0.816. The molecule has 0 spiro atoms. The number of hydrogen-bond acceptors (Lipinski definition) is 0. The van der Waals surface area contributed by atoms with Gasteiger partial charge in [0.2, 0.25) is 0 Å². The quantitative estimate of drug-likeness (QED) is 0.476. The molecular weight excluding hydrogens is 313 g/mol. The summed E-state index contributed by atoms with van der Waals surface area (Å²) in [5, 5.41) is 0. The molecule has 0 unspecified atom stereocenters. The Kier molecular flexibility index (Phi) is 117. The molecule has 0 aliphatic carbocycles. The van der Waals surface area contributed by atoms with E-state index in [0.29, 0.717) is 0 Å². The summed E-state index contributed by atoms with van der Waals surface area (Å²) in [6.07, 6.45) is 0. The Hall–Kier alpha value is 3.00. The summed E-state index contributed by atoms with van der Waals surface area (Å²) in [5.74, 6) is 0. The van der Waals surface area contributed by atoms with E-state index in [9.17, 15) is 0 Å². The topological polar surface area (TPSA) is 0 Å². The predicted molar refractivity (Wildman–Crippen MR) is 22.1 cm³/mol. The first-order valence-corrected chi connectivity index (χ1v) is 0. The third-order valence-electron chi connectivity index (χ3n) is 0. The third-order valence-corrected chi connectivity index (χ3v) is 0. The third kappa shape index (κ3) is 8.89. The summed E-state index contributed by atoms with van der Waals surface area (Å²) in [7, 11) is 0. The van der Waals surface area contributed by atoms with E-state index in [4.69, 9.17) is 0 Å². The predicted octanol–water partition coefficient (Wildman–Crippen LogP) is -1.53. The summed E-state index contributed by atoms with van der Waals surface area (Å²) < 4.78 is 0. The van der Waals surface area contributed by atoms with Gasteiger partial charge in [-0.15, -0.1) is 0 Å². The molecule has 0 bridgehead atoms. The van der Waals surface area contributed by atoms with Gasteiger partial charge >= 0.3 is 97.8 Å². The van der Waals surface area contributed by atoms with E-state index in [1.807, 2.05) is 0 Å². The molecule has 0 heterocycles. The summed E-state index contributed by atoms with van der Waals surface area (Å²) in [4.78, 5) is 0. The Labute approximate surface area is 104 Å². The molecule has 0 aromatic carbocycles. The molecule has 0 radical (unpaired) electrons. The Morgan fingerprint density at radius 3 is 0.500 bits per heavy atom. The molecular formula is H6Ba2F2. The maximum atomic E-state index is 0. The fraction of sp³-hybridized carbons (Fsp3) is 0. The van der Waals surface area contributed by atoms with E-state index in [1.165, 1.54) is 0 Å². The molecule has 0 fully saturated rings. The van der Waals surface area contributed by atoms with E-state index in [-0.39, 0.29) is 107 Å². The van der Waals surface area contributed by atoms with Crippen LogP contribution in [0.5, 0.6) is 0 Å². The molecule has 0 N–H and O–H groups in total. The Balaban J connectivity index is 0. The Morgan fingerprint density at radius 2 is 0.500 bits per heavy atom. The van der Waals surface area contributed by atoms with Crippen molar-refractivity contribution in [2.75, 3.05) is 0 Å². The molecule has 0 aliphatic heterocycles. The van der Waals surface area contributed by atoms with Gasteiger partial charge in [0.15, 0.2) is 0 Å². The fourth-order valence-electron chi connectivity index (χ4n) is 0. The zero-order valence-corrected chi connectivity index (χ0v) is 0.816. The average molecular weight is 319 g/mol. The van der Waals surface area contributed by atoms with Crippen molar-refractivity contribution in [1.29, 1.82) is 0 Å². The van der Waals surface area contributed by atoms with Crippen molar-refractivity contribution in [3.05, 3.63) is 0 Å². The van der Waals surface area contributed by atoms with E-state index >= 15 is 0 Å². The monoisotopic (exact) mass is 320 g/mol. The van der Waals surface area contributed by atoms with Gasteiger partial charge in [-0.25, -0.2) is 0 Å². The molecule has 0 nitrogen and oxygen atoms in total. The minimum atomic E-state index is 0. The summed E-state index contributed by atoms with van der Waals surface area (Å²) in [6.45, 7) is 0. The van der Waals surface area contributed by atoms with Gasteiger partial charge in [-0.2, -0.15) is 0 Å². The van der Waals surface area contributed by atoms with Crippen molar-refractivity contribution < 1.29 is 9.41 Å². The van der Waals surface area contributed by atoms with Gasteiger partial charge in [-0.05, 0) is 0 Å². The second-order valence-electron chi connectivity index (χ2n) is 0. The Bertz CT molecular complexity index is 4.00. The summed E-state index contributed by atoms with van der Waals surface area (Å²) >= 11 is 0. The van der Waals surface area contributed by atoms with Gasteiger partial charge in [0.1, 0.15) is 0 Å². The van der Waals surface area contributed by atoms with Crippen molar-refractivity contribution in [3.8, 4) is 0 Å². The van der Waals surface area contributed by atoms with Crippen molar-refractivity contribution in [1.82, 2.24) is 0 Å². The van der Waals surface area contributed by atoms with Gasteiger partial charge in [-0.3, -0.25) is 9.41 Å². The molecule has 24 valence electrons. The van der Waals surface area contributed by atoms with Gasteiger partial charge in [0.25, 0.3) is 0 Å². The summed E-state index contributed by atoms with van der Waals surface area (Å²) in [5.41, 5.74) is 0. The molecule has 0 atom stereocenters. The van der Waals surface area contributed by atoms with E-state index in [2.05, 4.69) is 0 Å². The molecule has 0 aromatic rings. The van der Waals surface area contributed by atoms with Crippen LogP contribution in [0.3, 0.4) is 0 Å². The van der Waals surface area contributed by atoms with Crippen LogP contribution in [0.15, 0.2) is 0 Å². The first-order chi connectivity index (χ1) is 0. The van der Waals surface area contributed by atoms with Gasteiger partial charge in [-0.1, -0.05) is 0 Å². The average Bonchev–Trinajstić information content (AvgIpc) is 0. The minimum absolute atomic E-state index is 0. The second-order valence-corrected chi connectivity index (χ2v) is 0. The second kappa shape index (κ2) is 16.7. The summed E-state index contributed by atoms with van der Waals surface area (Å²) in [6, 6.07) is 0. The Morgan fingerprint density at radius 1 is 0.500 bits per heavy atom. The van der Waals surface area contributed by atoms with E-state index < -0.39 is 0 Å². The SMILES string of the molecule is F.F.[BaH2].[BaH2].